The number of sulfonamides is 1. The Balaban J connectivity index is 1.86. The van der Waals surface area contributed by atoms with Crippen LogP contribution in [0.1, 0.15) is 10.4 Å². The molecule has 0 atom stereocenters. The molecule has 0 heterocycles. The lowest BCUT2D eigenvalue weighted by Crippen LogP contribution is -2.26. The molecule has 28 heavy (non-hydrogen) atoms. The average Bonchev–Trinajstić information content (AvgIpc) is 2.73. The molecule has 0 aromatic heterocycles. The lowest BCUT2D eigenvalue weighted by Gasteiger charge is -2.18. The van der Waals surface area contributed by atoms with Gasteiger partial charge in [0.1, 0.15) is 5.75 Å². The summed E-state index contributed by atoms with van der Waals surface area (Å²) in [6.45, 7) is 0. The number of para-hydroxylation sites is 1. The first kappa shape index (κ1) is 19.4. The maximum absolute atomic E-state index is 12.8. The number of hydrogen-bond donors (Lipinski definition) is 1. The third kappa shape index (κ3) is 4.32. The summed E-state index contributed by atoms with van der Waals surface area (Å²) in [5.41, 5.74) is 1.37. The summed E-state index contributed by atoms with van der Waals surface area (Å²) in [4.78, 5) is 14.2. The maximum Gasteiger partial charge on any atom is 0.261 e. The number of benzene rings is 3. The summed E-state index contributed by atoms with van der Waals surface area (Å²) in [6.07, 6.45) is 0. The summed E-state index contributed by atoms with van der Waals surface area (Å²) < 4.78 is 33.1. The minimum absolute atomic E-state index is 0.00244. The lowest BCUT2D eigenvalue weighted by atomic mass is 10.2. The van der Waals surface area contributed by atoms with Gasteiger partial charge < -0.3 is 9.64 Å². The Morgan fingerprint density at radius 1 is 0.929 bits per heavy atom. The van der Waals surface area contributed by atoms with Crippen molar-refractivity contribution in [2.24, 2.45) is 0 Å². The molecule has 0 saturated heterocycles. The van der Waals surface area contributed by atoms with E-state index in [-0.39, 0.29) is 16.4 Å². The Labute approximate surface area is 164 Å². The minimum Gasteiger partial charge on any atom is -0.497 e. The highest BCUT2D eigenvalue weighted by Gasteiger charge is 2.19. The van der Waals surface area contributed by atoms with Gasteiger partial charge in [-0.1, -0.05) is 30.3 Å². The van der Waals surface area contributed by atoms with Crippen molar-refractivity contribution in [2.75, 3.05) is 23.8 Å². The number of ether oxygens (including phenoxy) is 1. The molecule has 3 rings (SSSR count). The molecule has 0 aliphatic heterocycles. The molecule has 7 heteroatoms. The van der Waals surface area contributed by atoms with Gasteiger partial charge >= 0.3 is 0 Å². The second kappa shape index (κ2) is 8.14. The van der Waals surface area contributed by atoms with Crippen LogP contribution in [0.5, 0.6) is 5.75 Å². The fourth-order valence-corrected chi connectivity index (χ4v) is 3.75. The van der Waals surface area contributed by atoms with E-state index >= 15 is 0 Å². The topological polar surface area (TPSA) is 75.7 Å². The van der Waals surface area contributed by atoms with Gasteiger partial charge in [0, 0.05) is 24.4 Å². The van der Waals surface area contributed by atoms with Gasteiger partial charge in [-0.05, 0) is 42.5 Å². The van der Waals surface area contributed by atoms with Crippen molar-refractivity contribution < 1.29 is 17.9 Å². The van der Waals surface area contributed by atoms with Crippen molar-refractivity contribution in [1.82, 2.24) is 0 Å². The van der Waals surface area contributed by atoms with Crippen molar-refractivity contribution in [3.05, 3.63) is 84.4 Å². The molecule has 0 bridgehead atoms. The summed E-state index contributed by atoms with van der Waals surface area (Å²) in [5, 5.41) is 0. The molecule has 0 aliphatic carbocycles. The molecule has 3 aromatic rings. The van der Waals surface area contributed by atoms with Crippen LogP contribution in [-0.4, -0.2) is 28.5 Å². The molecule has 0 spiro atoms. The molecule has 3 aromatic carbocycles. The molecule has 1 N–H and O–H groups in total. The van der Waals surface area contributed by atoms with Crippen molar-refractivity contribution in [1.29, 1.82) is 0 Å². The van der Waals surface area contributed by atoms with Crippen molar-refractivity contribution in [2.45, 2.75) is 4.90 Å². The highest BCUT2D eigenvalue weighted by molar-refractivity contribution is 7.92. The minimum atomic E-state index is -3.86. The van der Waals surface area contributed by atoms with Crippen LogP contribution in [0.2, 0.25) is 0 Å². The van der Waals surface area contributed by atoms with E-state index in [1.165, 1.54) is 24.1 Å². The summed E-state index contributed by atoms with van der Waals surface area (Å²) in [7, 11) is -0.709. The zero-order valence-corrected chi connectivity index (χ0v) is 16.3. The van der Waals surface area contributed by atoms with Gasteiger partial charge in [0.05, 0.1) is 17.7 Å². The van der Waals surface area contributed by atoms with Crippen molar-refractivity contribution in [3.8, 4) is 5.75 Å². The number of nitrogens with one attached hydrogen (secondary N) is 1. The van der Waals surface area contributed by atoms with Crippen LogP contribution in [-0.2, 0) is 10.0 Å². The van der Waals surface area contributed by atoms with E-state index in [1.54, 1.807) is 43.4 Å². The molecule has 6 nitrogen and oxygen atoms in total. The van der Waals surface area contributed by atoms with Gasteiger partial charge in [-0.25, -0.2) is 8.42 Å². The Morgan fingerprint density at radius 3 is 2.36 bits per heavy atom. The van der Waals surface area contributed by atoms with Crippen LogP contribution >= 0.6 is 0 Å². The largest absolute Gasteiger partial charge is 0.497 e. The standard InChI is InChI=1S/C21H20N2O4S/c1-23(18-10-4-3-5-11-18)21(24)16-8-6-13-20(14-16)28(25,26)22-17-9-7-12-19(15-17)27-2/h3-15,22H,1-2H3. The van der Waals surface area contributed by atoms with Crippen LogP contribution in [0.4, 0.5) is 11.4 Å². The second-order valence-electron chi connectivity index (χ2n) is 6.07. The zero-order valence-electron chi connectivity index (χ0n) is 15.5. The molecular formula is C21H20N2O4S. The quantitative estimate of drug-likeness (QED) is 0.688. The van der Waals surface area contributed by atoms with Crippen LogP contribution in [0.3, 0.4) is 0 Å². The van der Waals surface area contributed by atoms with Crippen LogP contribution < -0.4 is 14.4 Å². The highest BCUT2D eigenvalue weighted by atomic mass is 32.2. The van der Waals surface area contributed by atoms with Gasteiger partial charge in [-0.15, -0.1) is 0 Å². The summed E-state index contributed by atoms with van der Waals surface area (Å²) in [6, 6.07) is 21.7. The number of hydrogen-bond acceptors (Lipinski definition) is 4. The van der Waals surface area contributed by atoms with Gasteiger partial charge in [-0.2, -0.15) is 0 Å². The van der Waals surface area contributed by atoms with E-state index < -0.39 is 10.0 Å². The third-order valence-corrected chi connectivity index (χ3v) is 5.54. The second-order valence-corrected chi connectivity index (χ2v) is 7.75. The van der Waals surface area contributed by atoms with E-state index in [1.807, 2.05) is 30.3 Å². The van der Waals surface area contributed by atoms with Crippen LogP contribution in [0.25, 0.3) is 0 Å². The Hall–Kier alpha value is -3.32. The SMILES string of the molecule is COc1cccc(NS(=O)(=O)c2cccc(C(=O)N(C)c3ccccc3)c2)c1. The average molecular weight is 396 g/mol. The van der Waals surface area contributed by atoms with E-state index in [0.717, 1.165) is 5.69 Å². The number of methoxy groups -OCH3 is 1. The van der Waals surface area contributed by atoms with E-state index in [0.29, 0.717) is 11.4 Å². The fraction of sp³-hybridized carbons (Fsp3) is 0.0952. The molecule has 0 unspecified atom stereocenters. The zero-order chi connectivity index (χ0) is 20.1. The van der Waals surface area contributed by atoms with E-state index in [4.69, 9.17) is 4.74 Å². The normalized spacial score (nSPS) is 10.9. The van der Waals surface area contributed by atoms with Gasteiger partial charge in [0.2, 0.25) is 0 Å². The predicted octanol–water partition coefficient (Wildman–Crippen LogP) is 3.77. The number of amides is 1. The van der Waals surface area contributed by atoms with Gasteiger partial charge in [0.15, 0.2) is 0 Å². The van der Waals surface area contributed by atoms with E-state index in [2.05, 4.69) is 4.72 Å². The van der Waals surface area contributed by atoms with Crippen LogP contribution in [0.15, 0.2) is 83.8 Å². The Morgan fingerprint density at radius 2 is 1.64 bits per heavy atom. The molecule has 0 fully saturated rings. The molecule has 0 radical (unpaired) electrons. The highest BCUT2D eigenvalue weighted by Crippen LogP contribution is 2.22. The number of anilines is 2. The van der Waals surface area contributed by atoms with Crippen molar-refractivity contribution >= 4 is 27.3 Å². The summed E-state index contributed by atoms with van der Waals surface area (Å²) in [5.74, 6) is 0.234. The van der Waals surface area contributed by atoms with Gasteiger partial charge in [0.25, 0.3) is 15.9 Å². The lowest BCUT2D eigenvalue weighted by molar-refractivity contribution is 0.0993. The summed E-state index contributed by atoms with van der Waals surface area (Å²) >= 11 is 0. The number of nitrogens with zero attached hydrogens (tertiary/aromatic N) is 1. The number of rotatable bonds is 6. The molecule has 0 saturated carbocycles. The maximum atomic E-state index is 12.8. The number of carbonyl (C=O) groups excluding carboxylic acids is 1. The van der Waals surface area contributed by atoms with Crippen molar-refractivity contribution in [3.63, 3.8) is 0 Å². The molecule has 0 aliphatic rings. The Bertz CT molecular complexity index is 1080. The number of carbonyl (C=O) groups is 1. The van der Waals surface area contributed by atoms with Crippen LogP contribution in [0, 0.1) is 0 Å². The predicted molar refractivity (Wildman–Crippen MR) is 109 cm³/mol. The first-order chi connectivity index (χ1) is 13.4. The smallest absolute Gasteiger partial charge is 0.261 e. The molecule has 1 amide bonds. The molecular weight excluding hydrogens is 376 g/mol. The first-order valence-electron chi connectivity index (χ1n) is 8.51. The van der Waals surface area contributed by atoms with Gasteiger partial charge in [-0.3, -0.25) is 9.52 Å². The Kier molecular flexibility index (Phi) is 5.65. The van der Waals surface area contributed by atoms with E-state index in [9.17, 15) is 13.2 Å². The monoisotopic (exact) mass is 396 g/mol. The first-order valence-corrected chi connectivity index (χ1v) is 9.99. The third-order valence-electron chi connectivity index (χ3n) is 4.16. The fourth-order valence-electron chi connectivity index (χ4n) is 2.66. The molecule has 144 valence electrons.